The monoisotopic (exact) mass is 345 g/mol. The second kappa shape index (κ2) is 8.82. The normalized spacial score (nSPS) is 11.4. The van der Waals surface area contributed by atoms with Crippen LogP contribution in [0.1, 0.15) is 13.3 Å². The second-order valence-electron chi connectivity index (χ2n) is 5.25. The summed E-state index contributed by atoms with van der Waals surface area (Å²) in [7, 11) is 4.71. The molecule has 0 unspecified atom stereocenters. The van der Waals surface area contributed by atoms with Gasteiger partial charge in [0.25, 0.3) is 5.91 Å². The minimum atomic E-state index is -0.610. The molecule has 0 aliphatic heterocycles. The van der Waals surface area contributed by atoms with E-state index in [1.54, 1.807) is 63.8 Å². The Morgan fingerprint density at radius 1 is 0.920 bits per heavy atom. The highest BCUT2D eigenvalue weighted by Crippen LogP contribution is 2.30. The zero-order valence-electron chi connectivity index (χ0n) is 14.9. The van der Waals surface area contributed by atoms with Gasteiger partial charge >= 0.3 is 0 Å². The van der Waals surface area contributed by atoms with Gasteiger partial charge in [-0.2, -0.15) is 0 Å². The Morgan fingerprint density at radius 3 is 2.12 bits per heavy atom. The van der Waals surface area contributed by atoms with Gasteiger partial charge in [0.05, 0.1) is 21.3 Å². The predicted molar refractivity (Wildman–Crippen MR) is 95.9 cm³/mol. The molecule has 0 spiro atoms. The van der Waals surface area contributed by atoms with Crippen LogP contribution in [0, 0.1) is 0 Å². The van der Waals surface area contributed by atoms with Gasteiger partial charge in [-0.25, -0.2) is 0 Å². The summed E-state index contributed by atoms with van der Waals surface area (Å²) < 4.78 is 21.3. The van der Waals surface area contributed by atoms with Crippen LogP contribution in [0.4, 0.5) is 5.69 Å². The Bertz CT molecular complexity index is 699. The molecule has 0 radical (unpaired) electrons. The molecule has 0 saturated carbocycles. The molecule has 0 aromatic heterocycles. The third-order valence-corrected chi connectivity index (χ3v) is 3.65. The summed E-state index contributed by atoms with van der Waals surface area (Å²) >= 11 is 0. The van der Waals surface area contributed by atoms with Gasteiger partial charge in [0.2, 0.25) is 0 Å². The highest BCUT2D eigenvalue weighted by Gasteiger charge is 2.19. The highest BCUT2D eigenvalue weighted by atomic mass is 16.5. The maximum Gasteiger partial charge on any atom is 0.265 e. The van der Waals surface area contributed by atoms with Crippen LogP contribution in [-0.2, 0) is 4.79 Å². The van der Waals surface area contributed by atoms with Gasteiger partial charge in [-0.05, 0) is 42.8 Å². The second-order valence-corrected chi connectivity index (χ2v) is 5.25. The summed E-state index contributed by atoms with van der Waals surface area (Å²) in [6.07, 6.45) is -0.0768. The summed E-state index contributed by atoms with van der Waals surface area (Å²) in [5.41, 5.74) is 0.611. The Kier molecular flexibility index (Phi) is 6.51. The van der Waals surface area contributed by atoms with Gasteiger partial charge in [0, 0.05) is 11.8 Å². The molecule has 0 aliphatic carbocycles. The van der Waals surface area contributed by atoms with Gasteiger partial charge in [-0.15, -0.1) is 0 Å². The molecule has 2 rings (SSSR count). The lowest BCUT2D eigenvalue weighted by Crippen LogP contribution is -2.32. The van der Waals surface area contributed by atoms with E-state index in [4.69, 9.17) is 18.9 Å². The first-order chi connectivity index (χ1) is 12.1. The number of methoxy groups -OCH3 is 3. The Balaban J connectivity index is 2.06. The fourth-order valence-electron chi connectivity index (χ4n) is 2.28. The molecule has 2 aromatic carbocycles. The van der Waals surface area contributed by atoms with Crippen molar-refractivity contribution in [2.75, 3.05) is 26.6 Å². The summed E-state index contributed by atoms with van der Waals surface area (Å²) in [6, 6.07) is 12.3. The standard InChI is InChI=1S/C19H23NO5/c1-5-16(25-15-9-7-14(22-2)8-10-15)19(21)20-13-6-11-17(23-3)18(12-13)24-4/h6-12,16H,5H2,1-4H3,(H,20,21)/t16-/m1/s1. The van der Waals surface area contributed by atoms with Crippen LogP contribution < -0.4 is 24.3 Å². The van der Waals surface area contributed by atoms with E-state index >= 15 is 0 Å². The quantitative estimate of drug-likeness (QED) is 0.793. The molecule has 0 heterocycles. The number of anilines is 1. The van der Waals surface area contributed by atoms with Crippen LogP contribution in [0.25, 0.3) is 0 Å². The fraction of sp³-hybridized carbons (Fsp3) is 0.316. The molecule has 6 heteroatoms. The average molecular weight is 345 g/mol. The maximum atomic E-state index is 12.5. The van der Waals surface area contributed by atoms with E-state index in [0.29, 0.717) is 29.4 Å². The van der Waals surface area contributed by atoms with Gasteiger partial charge in [0.15, 0.2) is 17.6 Å². The van der Waals surface area contributed by atoms with Gasteiger partial charge in [-0.3, -0.25) is 4.79 Å². The molecule has 6 nitrogen and oxygen atoms in total. The molecular formula is C19H23NO5. The third-order valence-electron chi connectivity index (χ3n) is 3.65. The van der Waals surface area contributed by atoms with Crippen LogP contribution >= 0.6 is 0 Å². The predicted octanol–water partition coefficient (Wildman–Crippen LogP) is 3.51. The van der Waals surface area contributed by atoms with Crippen LogP contribution in [0.5, 0.6) is 23.0 Å². The van der Waals surface area contributed by atoms with E-state index < -0.39 is 6.10 Å². The lowest BCUT2D eigenvalue weighted by atomic mass is 10.2. The number of nitrogens with one attached hydrogen (secondary N) is 1. The van der Waals surface area contributed by atoms with Crippen molar-refractivity contribution in [3.63, 3.8) is 0 Å². The van der Waals surface area contributed by atoms with E-state index in [0.717, 1.165) is 5.75 Å². The molecule has 0 fully saturated rings. The number of rotatable bonds is 8. The summed E-state index contributed by atoms with van der Waals surface area (Å²) in [6.45, 7) is 1.89. The van der Waals surface area contributed by atoms with Crippen molar-refractivity contribution < 1.29 is 23.7 Å². The molecule has 2 aromatic rings. The number of hydrogen-bond donors (Lipinski definition) is 1. The molecule has 1 N–H and O–H groups in total. The van der Waals surface area contributed by atoms with Crippen LogP contribution in [0.3, 0.4) is 0 Å². The lowest BCUT2D eigenvalue weighted by molar-refractivity contribution is -0.122. The summed E-state index contributed by atoms with van der Waals surface area (Å²) in [5.74, 6) is 2.25. The average Bonchev–Trinajstić information content (AvgIpc) is 2.66. The van der Waals surface area contributed by atoms with Gasteiger partial charge in [-0.1, -0.05) is 6.92 Å². The van der Waals surface area contributed by atoms with Crippen LogP contribution in [0.2, 0.25) is 0 Å². The molecular weight excluding hydrogens is 322 g/mol. The molecule has 0 saturated heterocycles. The van der Waals surface area contributed by atoms with Crippen LogP contribution in [-0.4, -0.2) is 33.3 Å². The smallest absolute Gasteiger partial charge is 0.265 e. The first-order valence-corrected chi connectivity index (χ1v) is 7.94. The molecule has 25 heavy (non-hydrogen) atoms. The van der Waals surface area contributed by atoms with E-state index in [-0.39, 0.29) is 5.91 Å². The summed E-state index contributed by atoms with van der Waals surface area (Å²) in [4.78, 5) is 12.5. The van der Waals surface area contributed by atoms with E-state index in [1.807, 2.05) is 6.92 Å². The van der Waals surface area contributed by atoms with Crippen molar-refractivity contribution in [2.45, 2.75) is 19.4 Å². The lowest BCUT2D eigenvalue weighted by Gasteiger charge is -2.18. The minimum absolute atomic E-state index is 0.231. The number of benzene rings is 2. The van der Waals surface area contributed by atoms with Crippen molar-refractivity contribution in [1.29, 1.82) is 0 Å². The fourth-order valence-corrected chi connectivity index (χ4v) is 2.28. The molecule has 1 atom stereocenters. The summed E-state index contributed by atoms with van der Waals surface area (Å²) in [5, 5.41) is 2.84. The number of carbonyl (C=O) groups is 1. The number of carbonyl (C=O) groups excluding carboxylic acids is 1. The minimum Gasteiger partial charge on any atom is -0.497 e. The van der Waals surface area contributed by atoms with Crippen molar-refractivity contribution >= 4 is 11.6 Å². The number of hydrogen-bond acceptors (Lipinski definition) is 5. The van der Waals surface area contributed by atoms with Crippen molar-refractivity contribution in [3.05, 3.63) is 42.5 Å². The van der Waals surface area contributed by atoms with E-state index in [9.17, 15) is 4.79 Å². The number of ether oxygens (including phenoxy) is 4. The Morgan fingerprint density at radius 2 is 1.56 bits per heavy atom. The topological polar surface area (TPSA) is 66.0 Å². The molecule has 0 bridgehead atoms. The molecule has 0 aliphatic rings. The van der Waals surface area contributed by atoms with Gasteiger partial charge in [0.1, 0.15) is 11.5 Å². The van der Waals surface area contributed by atoms with Gasteiger partial charge < -0.3 is 24.3 Å². The first kappa shape index (κ1) is 18.4. The Hall–Kier alpha value is -2.89. The van der Waals surface area contributed by atoms with Crippen LogP contribution in [0.15, 0.2) is 42.5 Å². The number of amides is 1. The van der Waals surface area contributed by atoms with E-state index in [1.165, 1.54) is 0 Å². The van der Waals surface area contributed by atoms with Crippen molar-refractivity contribution in [1.82, 2.24) is 0 Å². The third kappa shape index (κ3) is 4.79. The first-order valence-electron chi connectivity index (χ1n) is 7.94. The maximum absolute atomic E-state index is 12.5. The zero-order chi connectivity index (χ0) is 18.2. The highest BCUT2D eigenvalue weighted by molar-refractivity contribution is 5.94. The SMILES string of the molecule is CC[C@@H](Oc1ccc(OC)cc1)C(=O)Nc1ccc(OC)c(OC)c1. The van der Waals surface area contributed by atoms with Crippen molar-refractivity contribution in [2.24, 2.45) is 0 Å². The largest absolute Gasteiger partial charge is 0.497 e. The zero-order valence-corrected chi connectivity index (χ0v) is 14.9. The Labute approximate surface area is 147 Å². The molecule has 1 amide bonds. The van der Waals surface area contributed by atoms with E-state index in [2.05, 4.69) is 5.32 Å². The van der Waals surface area contributed by atoms with Crippen molar-refractivity contribution in [3.8, 4) is 23.0 Å². The molecule has 134 valence electrons.